The van der Waals surface area contributed by atoms with E-state index in [1.807, 2.05) is 68.4 Å². The summed E-state index contributed by atoms with van der Waals surface area (Å²) >= 11 is 0. The number of para-hydroxylation sites is 1. The van der Waals surface area contributed by atoms with Crippen molar-refractivity contribution in [1.82, 2.24) is 9.78 Å². The lowest BCUT2D eigenvalue weighted by atomic mass is 10.0. The third-order valence-electron chi connectivity index (χ3n) is 5.45. The van der Waals surface area contributed by atoms with Gasteiger partial charge in [-0.05, 0) is 68.0 Å². The Bertz CT molecular complexity index is 1510. The average Bonchev–Trinajstić information content (AvgIpc) is 3.27. The number of aromatic nitrogens is 2. The molecule has 0 aliphatic rings. The van der Waals surface area contributed by atoms with Gasteiger partial charge in [-0.1, -0.05) is 35.9 Å². The van der Waals surface area contributed by atoms with Crippen LogP contribution in [0.15, 0.2) is 88.8 Å². The third-order valence-corrected chi connectivity index (χ3v) is 7.13. The summed E-state index contributed by atoms with van der Waals surface area (Å²) in [6, 6.07) is 23.4. The normalized spacial score (nSPS) is 11.8. The molecule has 0 radical (unpaired) electrons. The lowest BCUT2D eigenvalue weighted by molar-refractivity contribution is 0.412. The van der Waals surface area contributed by atoms with Crippen LogP contribution in [0.2, 0.25) is 0 Å². The fraction of sp³-hybridized carbons (Fsp3) is 0.111. The van der Waals surface area contributed by atoms with Gasteiger partial charge in [0.2, 0.25) is 9.84 Å². The number of aryl methyl sites for hydroxylation is 2. The van der Waals surface area contributed by atoms with Gasteiger partial charge in [0.05, 0.1) is 17.7 Å². The summed E-state index contributed by atoms with van der Waals surface area (Å²) in [5.74, 6) is 0.739. The van der Waals surface area contributed by atoms with Crippen molar-refractivity contribution < 1.29 is 13.2 Å². The van der Waals surface area contributed by atoms with Crippen molar-refractivity contribution >= 4 is 15.9 Å². The van der Waals surface area contributed by atoms with Crippen LogP contribution in [-0.4, -0.2) is 25.3 Å². The number of allylic oxidation sites excluding steroid dienone is 1. The lowest BCUT2D eigenvalue weighted by Gasteiger charge is -2.07. The number of rotatable bonds is 6. The zero-order valence-corrected chi connectivity index (χ0v) is 19.9. The molecule has 0 bridgehead atoms. The Morgan fingerprint density at radius 1 is 1.03 bits per heavy atom. The van der Waals surface area contributed by atoms with Crippen LogP contribution in [0.4, 0.5) is 0 Å². The van der Waals surface area contributed by atoms with E-state index in [4.69, 9.17) is 9.84 Å². The van der Waals surface area contributed by atoms with Crippen molar-refractivity contribution in [2.45, 2.75) is 18.7 Å². The van der Waals surface area contributed by atoms with Crippen LogP contribution in [0.25, 0.3) is 23.0 Å². The van der Waals surface area contributed by atoms with Gasteiger partial charge in [0, 0.05) is 17.3 Å². The molecule has 0 spiro atoms. The lowest BCUT2D eigenvalue weighted by Crippen LogP contribution is -2.03. The molecule has 0 saturated carbocycles. The summed E-state index contributed by atoms with van der Waals surface area (Å²) in [6.45, 7) is 3.80. The molecule has 4 rings (SSSR count). The van der Waals surface area contributed by atoms with Crippen LogP contribution in [-0.2, 0) is 9.84 Å². The number of sulfone groups is 1. The summed E-state index contributed by atoms with van der Waals surface area (Å²) in [4.78, 5) is -0.279. The van der Waals surface area contributed by atoms with E-state index >= 15 is 0 Å². The Hall–Kier alpha value is -4.15. The third kappa shape index (κ3) is 4.49. The molecule has 0 amide bonds. The van der Waals surface area contributed by atoms with Gasteiger partial charge in [0.15, 0.2) is 0 Å². The van der Waals surface area contributed by atoms with E-state index in [2.05, 4.69) is 0 Å². The minimum Gasteiger partial charge on any atom is -0.496 e. The van der Waals surface area contributed by atoms with Crippen molar-refractivity contribution in [1.29, 1.82) is 5.26 Å². The van der Waals surface area contributed by atoms with Gasteiger partial charge in [-0.2, -0.15) is 10.4 Å². The van der Waals surface area contributed by atoms with E-state index in [1.54, 1.807) is 30.1 Å². The molecule has 0 saturated heterocycles. The number of ether oxygens (including phenoxy) is 1. The first-order valence-electron chi connectivity index (χ1n) is 10.6. The second-order valence-corrected chi connectivity index (χ2v) is 9.75. The van der Waals surface area contributed by atoms with Gasteiger partial charge in [-0.15, -0.1) is 0 Å². The molecule has 0 fully saturated rings. The molecular weight excluding hydrogens is 446 g/mol. The number of methoxy groups -OCH3 is 1. The van der Waals surface area contributed by atoms with E-state index in [9.17, 15) is 13.7 Å². The predicted molar refractivity (Wildman–Crippen MR) is 132 cm³/mol. The van der Waals surface area contributed by atoms with Crippen LogP contribution in [0.1, 0.15) is 16.7 Å². The largest absolute Gasteiger partial charge is 0.496 e. The monoisotopic (exact) mass is 469 g/mol. The maximum absolute atomic E-state index is 13.2. The topological polar surface area (TPSA) is 85.0 Å². The van der Waals surface area contributed by atoms with Crippen LogP contribution < -0.4 is 4.74 Å². The molecule has 0 N–H and O–H groups in total. The van der Waals surface area contributed by atoms with Crippen molar-refractivity contribution in [3.8, 4) is 28.8 Å². The number of hydrogen-bond acceptors (Lipinski definition) is 5. The Balaban J connectivity index is 1.89. The first kappa shape index (κ1) is 23.0. The van der Waals surface area contributed by atoms with Gasteiger partial charge in [0.25, 0.3) is 0 Å². The molecule has 34 heavy (non-hydrogen) atoms. The summed E-state index contributed by atoms with van der Waals surface area (Å²) in [5, 5.41) is 14.5. The smallest absolute Gasteiger partial charge is 0.216 e. The van der Waals surface area contributed by atoms with E-state index < -0.39 is 9.84 Å². The Kier molecular flexibility index (Phi) is 6.35. The second kappa shape index (κ2) is 9.38. The predicted octanol–water partition coefficient (Wildman–Crippen LogP) is 5.50. The van der Waals surface area contributed by atoms with Crippen molar-refractivity contribution in [3.05, 3.63) is 101 Å². The van der Waals surface area contributed by atoms with E-state index in [0.29, 0.717) is 11.3 Å². The van der Waals surface area contributed by atoms with Gasteiger partial charge in [-0.25, -0.2) is 13.1 Å². The molecule has 4 aromatic rings. The summed E-state index contributed by atoms with van der Waals surface area (Å²) in [6.07, 6.45) is 3.11. The molecule has 0 aliphatic carbocycles. The number of nitriles is 1. The molecule has 0 unspecified atom stereocenters. The molecule has 3 aromatic carbocycles. The minimum absolute atomic E-state index is 0.0724. The first-order valence-corrected chi connectivity index (χ1v) is 12.1. The number of benzene rings is 3. The van der Waals surface area contributed by atoms with Gasteiger partial charge in [-0.3, -0.25) is 0 Å². The molecular formula is C27H23N3O3S. The SMILES string of the molecule is COc1ccc(-c2nn(-c3ccccc3)cc2/C=C(/C#N)S(=O)(=O)c2ccc(C)cc2)cc1C. The van der Waals surface area contributed by atoms with Crippen molar-refractivity contribution in [2.24, 2.45) is 0 Å². The van der Waals surface area contributed by atoms with E-state index in [-0.39, 0.29) is 9.80 Å². The average molecular weight is 470 g/mol. The molecule has 0 atom stereocenters. The first-order chi connectivity index (χ1) is 16.3. The number of nitrogens with zero attached hydrogens (tertiary/aromatic N) is 3. The molecule has 0 aliphatic heterocycles. The maximum atomic E-state index is 13.2. The van der Waals surface area contributed by atoms with Gasteiger partial charge < -0.3 is 4.74 Å². The molecule has 7 heteroatoms. The highest BCUT2D eigenvalue weighted by Gasteiger charge is 2.22. The highest BCUT2D eigenvalue weighted by Crippen LogP contribution is 2.31. The zero-order valence-electron chi connectivity index (χ0n) is 19.1. The number of hydrogen-bond donors (Lipinski definition) is 0. The Morgan fingerprint density at radius 2 is 1.74 bits per heavy atom. The fourth-order valence-corrected chi connectivity index (χ4v) is 4.76. The summed E-state index contributed by atoms with van der Waals surface area (Å²) in [5.41, 5.74) is 4.51. The maximum Gasteiger partial charge on any atom is 0.216 e. The Morgan fingerprint density at radius 3 is 2.35 bits per heavy atom. The molecule has 6 nitrogen and oxygen atoms in total. The van der Waals surface area contributed by atoms with Gasteiger partial charge in [0.1, 0.15) is 22.4 Å². The molecule has 170 valence electrons. The fourth-order valence-electron chi connectivity index (χ4n) is 3.61. The minimum atomic E-state index is -4.00. The molecule has 1 aromatic heterocycles. The standard InChI is InChI=1S/C27H23N3O3S/c1-19-9-12-24(13-10-19)34(31,32)25(17-28)16-22-18-30(23-7-5-4-6-8-23)29-27(22)21-11-14-26(33-3)20(2)15-21/h4-16,18H,1-3H3/b25-16-. The highest BCUT2D eigenvalue weighted by atomic mass is 32.2. The van der Waals surface area contributed by atoms with E-state index in [0.717, 1.165) is 28.1 Å². The van der Waals surface area contributed by atoms with Crippen molar-refractivity contribution in [2.75, 3.05) is 7.11 Å². The summed E-state index contributed by atoms with van der Waals surface area (Å²) < 4.78 is 33.5. The van der Waals surface area contributed by atoms with Gasteiger partial charge >= 0.3 is 0 Å². The second-order valence-electron chi connectivity index (χ2n) is 7.83. The van der Waals surface area contributed by atoms with E-state index in [1.165, 1.54) is 18.2 Å². The van der Waals surface area contributed by atoms with Crippen molar-refractivity contribution in [3.63, 3.8) is 0 Å². The summed E-state index contributed by atoms with van der Waals surface area (Å²) in [7, 11) is -2.39. The van der Waals surface area contributed by atoms with Crippen LogP contribution in [0.3, 0.4) is 0 Å². The highest BCUT2D eigenvalue weighted by molar-refractivity contribution is 7.95. The van der Waals surface area contributed by atoms with Crippen LogP contribution in [0, 0.1) is 25.2 Å². The Labute approximate surface area is 199 Å². The van der Waals surface area contributed by atoms with Crippen LogP contribution in [0.5, 0.6) is 5.75 Å². The van der Waals surface area contributed by atoms with Crippen LogP contribution >= 0.6 is 0 Å². The zero-order chi connectivity index (χ0) is 24.3. The quantitative estimate of drug-likeness (QED) is 0.348. The molecule has 1 heterocycles.